The Balaban J connectivity index is 2.02. The Morgan fingerprint density at radius 2 is 2.50 bits per heavy atom. The predicted octanol–water partition coefficient (Wildman–Crippen LogP) is 2.13. The number of hydrogen-bond donors (Lipinski definition) is 1. The first-order chi connectivity index (χ1) is 7.66. The SMILES string of the molecule is Cc1cc(NC(=O)C2CCOC2)ncc1Br. The summed E-state index contributed by atoms with van der Waals surface area (Å²) in [6.07, 6.45) is 2.48. The molecule has 16 heavy (non-hydrogen) atoms. The highest BCUT2D eigenvalue weighted by atomic mass is 79.9. The van der Waals surface area contributed by atoms with Gasteiger partial charge >= 0.3 is 0 Å². The van der Waals surface area contributed by atoms with Crippen molar-refractivity contribution in [2.75, 3.05) is 18.5 Å². The molecule has 1 unspecified atom stereocenters. The van der Waals surface area contributed by atoms with Gasteiger partial charge in [-0.15, -0.1) is 0 Å². The Morgan fingerprint density at radius 1 is 1.69 bits per heavy atom. The van der Waals surface area contributed by atoms with Gasteiger partial charge in [0.2, 0.25) is 5.91 Å². The Morgan fingerprint density at radius 3 is 3.12 bits per heavy atom. The lowest BCUT2D eigenvalue weighted by molar-refractivity contribution is -0.119. The molecular formula is C11H13BrN2O2. The highest BCUT2D eigenvalue weighted by molar-refractivity contribution is 9.10. The zero-order valence-electron chi connectivity index (χ0n) is 9.00. The van der Waals surface area contributed by atoms with Crippen molar-refractivity contribution in [3.05, 3.63) is 22.3 Å². The van der Waals surface area contributed by atoms with E-state index in [-0.39, 0.29) is 11.8 Å². The Hall–Kier alpha value is -0.940. The summed E-state index contributed by atoms with van der Waals surface area (Å²) in [4.78, 5) is 15.9. The van der Waals surface area contributed by atoms with E-state index in [0.29, 0.717) is 19.0 Å². The molecule has 1 aliphatic rings. The third-order valence-electron chi connectivity index (χ3n) is 2.60. The lowest BCUT2D eigenvalue weighted by atomic mass is 10.1. The minimum Gasteiger partial charge on any atom is -0.381 e. The fraction of sp³-hybridized carbons (Fsp3) is 0.455. The number of aryl methyl sites for hydroxylation is 1. The molecule has 0 bridgehead atoms. The number of amides is 1. The number of rotatable bonds is 2. The van der Waals surface area contributed by atoms with E-state index in [1.165, 1.54) is 0 Å². The number of hydrogen-bond acceptors (Lipinski definition) is 3. The van der Waals surface area contributed by atoms with Crippen LogP contribution in [-0.4, -0.2) is 24.1 Å². The van der Waals surface area contributed by atoms with Crippen molar-refractivity contribution < 1.29 is 9.53 Å². The van der Waals surface area contributed by atoms with E-state index >= 15 is 0 Å². The van der Waals surface area contributed by atoms with Crippen LogP contribution in [0.3, 0.4) is 0 Å². The summed E-state index contributed by atoms with van der Waals surface area (Å²) in [6.45, 7) is 3.15. The number of carbonyl (C=O) groups excluding carboxylic acids is 1. The predicted molar refractivity (Wildman–Crippen MR) is 64.2 cm³/mol. The molecule has 0 aliphatic carbocycles. The van der Waals surface area contributed by atoms with Crippen LogP contribution in [0.4, 0.5) is 5.82 Å². The Kier molecular flexibility index (Phi) is 3.56. The lowest BCUT2D eigenvalue weighted by Gasteiger charge is -2.09. The molecule has 1 amide bonds. The monoisotopic (exact) mass is 284 g/mol. The van der Waals surface area contributed by atoms with Crippen LogP contribution in [0.5, 0.6) is 0 Å². The van der Waals surface area contributed by atoms with Gasteiger partial charge in [-0.3, -0.25) is 4.79 Å². The number of ether oxygens (including phenoxy) is 1. The van der Waals surface area contributed by atoms with E-state index < -0.39 is 0 Å². The number of aromatic nitrogens is 1. The number of carbonyl (C=O) groups is 1. The highest BCUT2D eigenvalue weighted by Gasteiger charge is 2.23. The van der Waals surface area contributed by atoms with Crippen molar-refractivity contribution in [2.45, 2.75) is 13.3 Å². The number of halogens is 1. The third kappa shape index (κ3) is 2.59. The topological polar surface area (TPSA) is 51.2 Å². The summed E-state index contributed by atoms with van der Waals surface area (Å²) in [5, 5.41) is 2.80. The van der Waals surface area contributed by atoms with Crippen LogP contribution in [0.25, 0.3) is 0 Å². The molecule has 0 aromatic carbocycles. The van der Waals surface area contributed by atoms with Crippen molar-refractivity contribution >= 4 is 27.7 Å². The average Bonchev–Trinajstić information content (AvgIpc) is 2.77. The van der Waals surface area contributed by atoms with Gasteiger partial charge in [0, 0.05) is 17.3 Å². The van der Waals surface area contributed by atoms with Crippen molar-refractivity contribution in [1.29, 1.82) is 0 Å². The normalized spacial score (nSPS) is 19.8. The maximum atomic E-state index is 11.8. The largest absolute Gasteiger partial charge is 0.381 e. The van der Waals surface area contributed by atoms with E-state index in [1.54, 1.807) is 6.20 Å². The zero-order valence-corrected chi connectivity index (χ0v) is 10.6. The van der Waals surface area contributed by atoms with Crippen LogP contribution in [0.1, 0.15) is 12.0 Å². The van der Waals surface area contributed by atoms with Crippen molar-refractivity contribution in [2.24, 2.45) is 5.92 Å². The summed E-state index contributed by atoms with van der Waals surface area (Å²) >= 11 is 3.37. The minimum absolute atomic E-state index is 0.00766. The quantitative estimate of drug-likeness (QED) is 0.905. The third-order valence-corrected chi connectivity index (χ3v) is 3.43. The number of pyridine rings is 1. The van der Waals surface area contributed by atoms with Crippen LogP contribution >= 0.6 is 15.9 Å². The molecule has 1 atom stereocenters. The number of anilines is 1. The standard InChI is InChI=1S/C11H13BrN2O2/c1-7-4-10(13-5-9(7)12)14-11(15)8-2-3-16-6-8/h4-5,8H,2-3,6H2,1H3,(H,13,14,15). The van der Waals surface area contributed by atoms with E-state index in [9.17, 15) is 4.79 Å². The molecule has 1 aliphatic heterocycles. The van der Waals surface area contributed by atoms with Crippen LogP contribution in [-0.2, 0) is 9.53 Å². The molecule has 1 saturated heterocycles. The fourth-order valence-corrected chi connectivity index (χ4v) is 1.79. The molecule has 2 heterocycles. The first-order valence-electron chi connectivity index (χ1n) is 5.17. The van der Waals surface area contributed by atoms with Crippen molar-refractivity contribution in [3.63, 3.8) is 0 Å². The second-order valence-electron chi connectivity index (χ2n) is 3.87. The van der Waals surface area contributed by atoms with Crippen molar-refractivity contribution in [3.8, 4) is 0 Å². The molecule has 2 rings (SSSR count). The van der Waals surface area contributed by atoms with Gasteiger partial charge in [0.15, 0.2) is 0 Å². The van der Waals surface area contributed by atoms with Gasteiger partial charge in [-0.1, -0.05) is 0 Å². The van der Waals surface area contributed by atoms with Crippen LogP contribution in [0.15, 0.2) is 16.7 Å². The Labute approximate surface area is 103 Å². The van der Waals surface area contributed by atoms with E-state index in [2.05, 4.69) is 26.2 Å². The van der Waals surface area contributed by atoms with Crippen LogP contribution in [0, 0.1) is 12.8 Å². The van der Waals surface area contributed by atoms with Gasteiger partial charge in [-0.05, 0) is 40.9 Å². The van der Waals surface area contributed by atoms with Crippen LogP contribution < -0.4 is 5.32 Å². The molecule has 1 N–H and O–H groups in total. The molecule has 4 nitrogen and oxygen atoms in total. The summed E-state index contributed by atoms with van der Waals surface area (Å²) in [7, 11) is 0. The lowest BCUT2D eigenvalue weighted by Crippen LogP contribution is -2.23. The summed E-state index contributed by atoms with van der Waals surface area (Å²) in [5.41, 5.74) is 1.05. The van der Waals surface area contributed by atoms with E-state index in [0.717, 1.165) is 16.5 Å². The van der Waals surface area contributed by atoms with Crippen LogP contribution in [0.2, 0.25) is 0 Å². The minimum atomic E-state index is -0.0363. The molecule has 86 valence electrons. The van der Waals surface area contributed by atoms with Gasteiger partial charge in [0.05, 0.1) is 12.5 Å². The zero-order chi connectivity index (χ0) is 11.5. The maximum Gasteiger partial charge on any atom is 0.231 e. The summed E-state index contributed by atoms with van der Waals surface area (Å²) in [6, 6.07) is 1.85. The molecule has 1 aromatic heterocycles. The molecule has 0 saturated carbocycles. The number of nitrogens with zero attached hydrogens (tertiary/aromatic N) is 1. The van der Waals surface area contributed by atoms with Gasteiger partial charge in [-0.25, -0.2) is 4.98 Å². The first kappa shape index (κ1) is 11.5. The first-order valence-corrected chi connectivity index (χ1v) is 5.97. The van der Waals surface area contributed by atoms with E-state index in [1.807, 2.05) is 13.0 Å². The Bertz CT molecular complexity index is 403. The molecule has 0 radical (unpaired) electrons. The summed E-state index contributed by atoms with van der Waals surface area (Å²) in [5.74, 6) is 0.551. The average molecular weight is 285 g/mol. The smallest absolute Gasteiger partial charge is 0.231 e. The molecule has 0 spiro atoms. The molecule has 5 heteroatoms. The second-order valence-corrected chi connectivity index (χ2v) is 4.72. The van der Waals surface area contributed by atoms with Gasteiger partial charge < -0.3 is 10.1 Å². The second kappa shape index (κ2) is 4.93. The fourth-order valence-electron chi connectivity index (χ4n) is 1.58. The van der Waals surface area contributed by atoms with Gasteiger partial charge in [0.25, 0.3) is 0 Å². The molecule has 1 fully saturated rings. The number of nitrogens with one attached hydrogen (secondary N) is 1. The van der Waals surface area contributed by atoms with E-state index in [4.69, 9.17) is 4.74 Å². The summed E-state index contributed by atoms with van der Waals surface area (Å²) < 4.78 is 6.11. The molecular weight excluding hydrogens is 272 g/mol. The van der Waals surface area contributed by atoms with Crippen molar-refractivity contribution in [1.82, 2.24) is 4.98 Å². The highest BCUT2D eigenvalue weighted by Crippen LogP contribution is 2.19. The van der Waals surface area contributed by atoms with Gasteiger partial charge in [0.1, 0.15) is 5.82 Å². The van der Waals surface area contributed by atoms with Gasteiger partial charge in [-0.2, -0.15) is 0 Å². The maximum absolute atomic E-state index is 11.8. The molecule has 1 aromatic rings.